The van der Waals surface area contributed by atoms with Gasteiger partial charge in [-0.15, -0.1) is 8.58 Å². The molecule has 7 heteroatoms. The fourth-order valence-corrected chi connectivity index (χ4v) is 4.28. The first-order chi connectivity index (χ1) is 11.1. The van der Waals surface area contributed by atoms with Crippen molar-refractivity contribution in [2.75, 3.05) is 24.2 Å². The maximum Gasteiger partial charge on any atom is 0.319 e. The molecule has 0 spiro atoms. The van der Waals surface area contributed by atoms with E-state index >= 15 is 0 Å². The van der Waals surface area contributed by atoms with Gasteiger partial charge in [-0.05, 0) is 49.3 Å². The molecule has 1 aromatic carbocycles. The molecule has 1 unspecified atom stereocenters. The third kappa shape index (κ3) is 4.08. The van der Waals surface area contributed by atoms with Gasteiger partial charge in [-0.2, -0.15) is 5.10 Å². The molecule has 2 heterocycles. The highest BCUT2D eigenvalue weighted by molar-refractivity contribution is 7.38. The summed E-state index contributed by atoms with van der Waals surface area (Å²) in [5.41, 5.74) is 2.76. The van der Waals surface area contributed by atoms with E-state index in [4.69, 9.17) is 0 Å². The van der Waals surface area contributed by atoms with Gasteiger partial charge in [0.2, 0.25) is 0 Å². The van der Waals surface area contributed by atoms with Crippen LogP contribution in [0.3, 0.4) is 0 Å². The summed E-state index contributed by atoms with van der Waals surface area (Å²) in [7, 11) is 2.90. The SMILES string of the molecule is Cc1ccc(NC(=O)NC[C@H]2CCPC2)cc1-c1ncn(C)n1. The molecule has 2 aromatic rings. The zero-order valence-corrected chi connectivity index (χ0v) is 14.5. The lowest BCUT2D eigenvalue weighted by Crippen LogP contribution is -2.33. The molecule has 0 saturated carbocycles. The average molecular weight is 331 g/mol. The lowest BCUT2D eigenvalue weighted by atomic mass is 10.1. The minimum Gasteiger partial charge on any atom is -0.338 e. The highest BCUT2D eigenvalue weighted by Crippen LogP contribution is 2.28. The van der Waals surface area contributed by atoms with Crippen molar-refractivity contribution in [3.8, 4) is 11.4 Å². The van der Waals surface area contributed by atoms with Crippen molar-refractivity contribution in [3.05, 3.63) is 30.1 Å². The molecule has 122 valence electrons. The van der Waals surface area contributed by atoms with Crippen molar-refractivity contribution in [2.24, 2.45) is 13.0 Å². The molecular weight excluding hydrogens is 309 g/mol. The van der Waals surface area contributed by atoms with Crippen molar-refractivity contribution in [1.29, 1.82) is 0 Å². The zero-order valence-electron chi connectivity index (χ0n) is 13.5. The van der Waals surface area contributed by atoms with E-state index in [9.17, 15) is 4.79 Å². The molecule has 1 aliphatic rings. The number of aromatic nitrogens is 3. The molecule has 1 fully saturated rings. The van der Waals surface area contributed by atoms with E-state index in [-0.39, 0.29) is 6.03 Å². The molecule has 6 nitrogen and oxygen atoms in total. The molecule has 2 atom stereocenters. The Kier molecular flexibility index (Phi) is 4.91. The van der Waals surface area contributed by atoms with Crippen LogP contribution in [-0.2, 0) is 7.05 Å². The molecule has 0 radical (unpaired) electrons. The summed E-state index contributed by atoms with van der Waals surface area (Å²) in [5, 5.41) is 10.2. The first-order valence-electron chi connectivity index (χ1n) is 7.84. The summed E-state index contributed by atoms with van der Waals surface area (Å²) >= 11 is 0. The van der Waals surface area contributed by atoms with Gasteiger partial charge < -0.3 is 10.6 Å². The number of nitrogens with one attached hydrogen (secondary N) is 2. The maximum atomic E-state index is 12.1. The van der Waals surface area contributed by atoms with Crippen LogP contribution in [-0.4, -0.2) is 39.7 Å². The van der Waals surface area contributed by atoms with Gasteiger partial charge in [0.15, 0.2) is 5.82 Å². The smallest absolute Gasteiger partial charge is 0.319 e. The summed E-state index contributed by atoms with van der Waals surface area (Å²) in [6.45, 7) is 2.77. The van der Waals surface area contributed by atoms with Crippen molar-refractivity contribution in [1.82, 2.24) is 20.1 Å². The largest absolute Gasteiger partial charge is 0.338 e. The van der Waals surface area contributed by atoms with Crippen LogP contribution in [0.5, 0.6) is 0 Å². The van der Waals surface area contributed by atoms with Crippen molar-refractivity contribution >= 4 is 20.3 Å². The normalized spacial score (nSPS) is 18.3. The summed E-state index contributed by atoms with van der Waals surface area (Å²) in [5.74, 6) is 1.31. The molecule has 2 amide bonds. The lowest BCUT2D eigenvalue weighted by Gasteiger charge is -2.12. The number of hydrogen-bond donors (Lipinski definition) is 2. The fraction of sp³-hybridized carbons (Fsp3) is 0.438. The van der Waals surface area contributed by atoms with Gasteiger partial charge in [0.1, 0.15) is 6.33 Å². The number of carbonyl (C=O) groups excluding carboxylic acids is 1. The van der Waals surface area contributed by atoms with Gasteiger partial charge in [-0.25, -0.2) is 9.78 Å². The second-order valence-electron chi connectivity index (χ2n) is 5.97. The number of benzene rings is 1. The predicted molar refractivity (Wildman–Crippen MR) is 94.4 cm³/mol. The van der Waals surface area contributed by atoms with Crippen LogP contribution in [0.1, 0.15) is 12.0 Å². The number of carbonyl (C=O) groups is 1. The molecule has 1 saturated heterocycles. The Morgan fingerprint density at radius 2 is 2.35 bits per heavy atom. The zero-order chi connectivity index (χ0) is 16.2. The van der Waals surface area contributed by atoms with Crippen LogP contribution in [0.2, 0.25) is 0 Å². The summed E-state index contributed by atoms with van der Waals surface area (Å²) in [6, 6.07) is 5.64. The van der Waals surface area contributed by atoms with Gasteiger partial charge in [0.25, 0.3) is 0 Å². The van der Waals surface area contributed by atoms with E-state index in [1.54, 1.807) is 11.0 Å². The third-order valence-corrected chi connectivity index (χ3v) is 5.56. The Morgan fingerprint density at radius 1 is 1.48 bits per heavy atom. The molecule has 1 aliphatic heterocycles. The van der Waals surface area contributed by atoms with E-state index in [1.807, 2.05) is 32.2 Å². The summed E-state index contributed by atoms with van der Waals surface area (Å²) < 4.78 is 1.67. The van der Waals surface area contributed by atoms with E-state index in [0.29, 0.717) is 11.7 Å². The van der Waals surface area contributed by atoms with Crippen molar-refractivity contribution in [2.45, 2.75) is 13.3 Å². The Morgan fingerprint density at radius 3 is 3.04 bits per heavy atom. The Hall–Kier alpha value is -1.94. The molecule has 2 N–H and O–H groups in total. The van der Waals surface area contributed by atoms with Crippen LogP contribution < -0.4 is 10.6 Å². The first kappa shape index (κ1) is 15.9. The van der Waals surface area contributed by atoms with Crippen molar-refractivity contribution in [3.63, 3.8) is 0 Å². The second-order valence-corrected chi connectivity index (χ2v) is 7.37. The third-order valence-electron chi connectivity index (χ3n) is 4.05. The van der Waals surface area contributed by atoms with E-state index < -0.39 is 0 Å². The Bertz CT molecular complexity index is 694. The molecular formula is C16H22N5OP. The van der Waals surface area contributed by atoms with Crippen LogP contribution in [0.25, 0.3) is 11.4 Å². The number of anilines is 1. The number of rotatable bonds is 4. The van der Waals surface area contributed by atoms with E-state index in [0.717, 1.165) is 31.9 Å². The van der Waals surface area contributed by atoms with Crippen LogP contribution >= 0.6 is 8.58 Å². The topological polar surface area (TPSA) is 71.8 Å². The van der Waals surface area contributed by atoms with Gasteiger partial charge in [0.05, 0.1) is 0 Å². The minimum atomic E-state index is -0.149. The van der Waals surface area contributed by atoms with Crippen LogP contribution in [0.4, 0.5) is 10.5 Å². The van der Waals surface area contributed by atoms with E-state index in [2.05, 4.69) is 20.7 Å². The van der Waals surface area contributed by atoms with Gasteiger partial charge in [-0.1, -0.05) is 6.07 Å². The molecule has 0 bridgehead atoms. The highest BCUT2D eigenvalue weighted by Gasteiger charge is 2.16. The molecule has 0 aliphatic carbocycles. The summed E-state index contributed by atoms with van der Waals surface area (Å²) in [6.07, 6.45) is 5.47. The molecule has 1 aromatic heterocycles. The standard InChI is InChI=1S/C16H22N5OP/c1-11-3-4-13(7-14(11)15-18-10-21(2)20-15)19-16(22)17-8-12-5-6-23-9-12/h3-4,7,10,12,23H,5-6,8-9H2,1-2H3,(H2,17,19,22)/t12-/m1/s1. The molecule has 23 heavy (non-hydrogen) atoms. The number of amides is 2. The van der Waals surface area contributed by atoms with Gasteiger partial charge in [-0.3, -0.25) is 4.68 Å². The number of hydrogen-bond acceptors (Lipinski definition) is 3. The number of nitrogens with zero attached hydrogens (tertiary/aromatic N) is 3. The fourth-order valence-electron chi connectivity index (χ4n) is 2.70. The maximum absolute atomic E-state index is 12.1. The second kappa shape index (κ2) is 7.09. The van der Waals surface area contributed by atoms with Crippen LogP contribution in [0, 0.1) is 12.8 Å². The number of urea groups is 1. The Labute approximate surface area is 137 Å². The van der Waals surface area contributed by atoms with E-state index in [1.165, 1.54) is 18.7 Å². The van der Waals surface area contributed by atoms with Crippen molar-refractivity contribution < 1.29 is 4.79 Å². The van der Waals surface area contributed by atoms with Crippen LogP contribution in [0.15, 0.2) is 24.5 Å². The lowest BCUT2D eigenvalue weighted by molar-refractivity contribution is 0.250. The quantitative estimate of drug-likeness (QED) is 0.846. The average Bonchev–Trinajstić information content (AvgIpc) is 3.18. The number of aryl methyl sites for hydroxylation is 2. The van der Waals surface area contributed by atoms with Gasteiger partial charge in [0, 0.05) is 24.8 Å². The predicted octanol–water partition coefficient (Wildman–Crippen LogP) is 2.61. The first-order valence-corrected chi connectivity index (χ1v) is 9.25. The minimum absolute atomic E-state index is 0.149. The van der Waals surface area contributed by atoms with Gasteiger partial charge >= 0.3 is 6.03 Å². The monoisotopic (exact) mass is 331 g/mol. The molecule has 3 rings (SSSR count). The Balaban J connectivity index is 1.64. The highest BCUT2D eigenvalue weighted by atomic mass is 31.1. The summed E-state index contributed by atoms with van der Waals surface area (Å²) in [4.78, 5) is 16.3.